The van der Waals surface area contributed by atoms with Crippen LogP contribution in [0.15, 0.2) is 30.7 Å². The molecule has 0 saturated carbocycles. The van der Waals surface area contributed by atoms with E-state index in [4.69, 9.17) is 9.97 Å². The molecule has 1 aliphatic rings. The van der Waals surface area contributed by atoms with Gasteiger partial charge in [0.2, 0.25) is 5.95 Å². The van der Waals surface area contributed by atoms with Crippen LogP contribution in [-0.4, -0.2) is 43.0 Å². The van der Waals surface area contributed by atoms with Crippen molar-refractivity contribution < 1.29 is 0 Å². The SMILES string of the molecule is Cc1cc(C)nc(Nc2cc(C)nc([C@H]3CCCN(c4ccncn4)C3)n2)n1. The smallest absolute Gasteiger partial charge is 0.228 e. The van der Waals surface area contributed by atoms with E-state index >= 15 is 0 Å². The van der Waals surface area contributed by atoms with Gasteiger partial charge in [-0.3, -0.25) is 0 Å². The fraction of sp³-hybridized carbons (Fsp3) is 0.400. The molecule has 0 aromatic carbocycles. The molecule has 1 saturated heterocycles. The number of piperidine rings is 1. The van der Waals surface area contributed by atoms with Crippen LogP contribution in [0.25, 0.3) is 0 Å². The molecule has 3 aromatic heterocycles. The van der Waals surface area contributed by atoms with Gasteiger partial charge in [-0.1, -0.05) is 0 Å². The van der Waals surface area contributed by atoms with Gasteiger partial charge in [-0.25, -0.2) is 29.9 Å². The fourth-order valence-corrected chi connectivity index (χ4v) is 3.60. The first-order chi connectivity index (χ1) is 13.6. The van der Waals surface area contributed by atoms with Crippen molar-refractivity contribution in [3.8, 4) is 0 Å². The highest BCUT2D eigenvalue weighted by atomic mass is 15.2. The third kappa shape index (κ3) is 4.21. The Morgan fingerprint density at radius 3 is 2.54 bits per heavy atom. The van der Waals surface area contributed by atoms with Crippen molar-refractivity contribution in [3.05, 3.63) is 53.6 Å². The zero-order chi connectivity index (χ0) is 19.5. The van der Waals surface area contributed by atoms with Crippen molar-refractivity contribution in [1.82, 2.24) is 29.9 Å². The lowest BCUT2D eigenvalue weighted by atomic mass is 9.97. The third-order valence-corrected chi connectivity index (χ3v) is 4.77. The Morgan fingerprint density at radius 1 is 1.00 bits per heavy atom. The Kier molecular flexibility index (Phi) is 5.10. The standard InChI is InChI=1S/C20H24N8/c1-13-9-14(2)25-20(24-13)27-17-10-15(3)23-19(26-17)16-5-4-8-28(11-16)18-6-7-21-12-22-18/h6-7,9-10,12,16H,4-5,8,11H2,1-3H3,(H,23,24,25,26,27)/t16-/m0/s1. The van der Waals surface area contributed by atoms with E-state index in [-0.39, 0.29) is 5.92 Å². The van der Waals surface area contributed by atoms with Gasteiger partial charge < -0.3 is 10.2 Å². The minimum absolute atomic E-state index is 0.254. The van der Waals surface area contributed by atoms with Crippen molar-refractivity contribution in [2.24, 2.45) is 0 Å². The van der Waals surface area contributed by atoms with Crippen molar-refractivity contribution in [1.29, 1.82) is 0 Å². The van der Waals surface area contributed by atoms with Crippen LogP contribution in [0.3, 0.4) is 0 Å². The largest absolute Gasteiger partial charge is 0.356 e. The summed E-state index contributed by atoms with van der Waals surface area (Å²) < 4.78 is 0. The summed E-state index contributed by atoms with van der Waals surface area (Å²) in [5.74, 6) is 3.35. The first-order valence-corrected chi connectivity index (χ1v) is 9.53. The zero-order valence-corrected chi connectivity index (χ0v) is 16.4. The molecule has 0 amide bonds. The van der Waals surface area contributed by atoms with Crippen molar-refractivity contribution in [3.63, 3.8) is 0 Å². The average molecular weight is 376 g/mol. The number of anilines is 3. The molecule has 1 N–H and O–H groups in total. The molecular weight excluding hydrogens is 352 g/mol. The van der Waals surface area contributed by atoms with E-state index in [1.54, 1.807) is 12.5 Å². The summed E-state index contributed by atoms with van der Waals surface area (Å²) in [5.41, 5.74) is 2.78. The van der Waals surface area contributed by atoms with Crippen LogP contribution in [0, 0.1) is 20.8 Å². The molecule has 4 heterocycles. The van der Waals surface area contributed by atoms with Crippen LogP contribution in [-0.2, 0) is 0 Å². The second kappa shape index (κ2) is 7.84. The predicted octanol–water partition coefficient (Wildman–Crippen LogP) is 3.11. The lowest BCUT2D eigenvalue weighted by molar-refractivity contribution is 0.488. The molecule has 8 heteroatoms. The Balaban J connectivity index is 1.56. The number of hydrogen-bond acceptors (Lipinski definition) is 8. The number of rotatable bonds is 4. The first-order valence-electron chi connectivity index (χ1n) is 9.53. The summed E-state index contributed by atoms with van der Waals surface area (Å²) in [6.07, 6.45) is 5.51. The van der Waals surface area contributed by atoms with E-state index in [0.717, 1.165) is 60.5 Å². The number of hydrogen-bond donors (Lipinski definition) is 1. The van der Waals surface area contributed by atoms with E-state index in [1.807, 2.05) is 39.0 Å². The maximum Gasteiger partial charge on any atom is 0.228 e. The summed E-state index contributed by atoms with van der Waals surface area (Å²) in [4.78, 5) is 29.1. The molecular formula is C20H24N8. The van der Waals surface area contributed by atoms with Crippen LogP contribution in [0.1, 0.15) is 41.7 Å². The molecule has 3 aromatic rings. The molecule has 0 radical (unpaired) electrons. The maximum atomic E-state index is 4.78. The Labute approximate surface area is 164 Å². The van der Waals surface area contributed by atoms with E-state index in [1.165, 1.54) is 0 Å². The van der Waals surface area contributed by atoms with Crippen LogP contribution >= 0.6 is 0 Å². The van der Waals surface area contributed by atoms with Crippen molar-refractivity contribution in [2.45, 2.75) is 39.5 Å². The summed E-state index contributed by atoms with van der Waals surface area (Å²) in [6, 6.07) is 5.82. The number of aromatic nitrogens is 6. The van der Waals surface area contributed by atoms with Gasteiger partial charge >= 0.3 is 0 Å². The molecule has 1 fully saturated rings. The molecule has 28 heavy (non-hydrogen) atoms. The number of nitrogens with zero attached hydrogens (tertiary/aromatic N) is 7. The molecule has 1 atom stereocenters. The van der Waals surface area contributed by atoms with E-state index < -0.39 is 0 Å². The van der Waals surface area contributed by atoms with Gasteiger partial charge in [-0.05, 0) is 45.7 Å². The van der Waals surface area contributed by atoms with Gasteiger partial charge in [0.05, 0.1) is 0 Å². The summed E-state index contributed by atoms with van der Waals surface area (Å²) in [6.45, 7) is 7.74. The molecule has 1 aliphatic heterocycles. The Morgan fingerprint density at radius 2 is 1.79 bits per heavy atom. The molecule has 0 bridgehead atoms. The Hall–Kier alpha value is -3.16. The molecule has 0 unspecified atom stereocenters. The molecule has 0 spiro atoms. The summed E-state index contributed by atoms with van der Waals surface area (Å²) >= 11 is 0. The average Bonchev–Trinajstić information content (AvgIpc) is 2.67. The zero-order valence-electron chi connectivity index (χ0n) is 16.4. The Bertz CT molecular complexity index is 939. The molecule has 4 rings (SSSR count). The topological polar surface area (TPSA) is 92.6 Å². The molecule has 8 nitrogen and oxygen atoms in total. The van der Waals surface area contributed by atoms with Gasteiger partial charge in [0.1, 0.15) is 23.8 Å². The van der Waals surface area contributed by atoms with Crippen LogP contribution in [0.4, 0.5) is 17.6 Å². The number of aryl methyl sites for hydroxylation is 3. The highest BCUT2D eigenvalue weighted by molar-refractivity contribution is 5.49. The second-order valence-electron chi connectivity index (χ2n) is 7.20. The molecule has 144 valence electrons. The highest BCUT2D eigenvalue weighted by Crippen LogP contribution is 2.28. The van der Waals surface area contributed by atoms with Gasteiger partial charge in [-0.15, -0.1) is 0 Å². The van der Waals surface area contributed by atoms with Gasteiger partial charge in [0.15, 0.2) is 0 Å². The predicted molar refractivity (Wildman–Crippen MR) is 108 cm³/mol. The summed E-state index contributed by atoms with van der Waals surface area (Å²) in [7, 11) is 0. The molecule has 0 aliphatic carbocycles. The van der Waals surface area contributed by atoms with E-state index in [2.05, 4.69) is 30.2 Å². The second-order valence-corrected chi connectivity index (χ2v) is 7.20. The van der Waals surface area contributed by atoms with Crippen LogP contribution < -0.4 is 10.2 Å². The van der Waals surface area contributed by atoms with Crippen LogP contribution in [0.5, 0.6) is 0 Å². The van der Waals surface area contributed by atoms with E-state index in [9.17, 15) is 0 Å². The van der Waals surface area contributed by atoms with Crippen molar-refractivity contribution >= 4 is 17.6 Å². The van der Waals surface area contributed by atoms with Gasteiger partial charge in [0, 0.05) is 48.4 Å². The normalized spacial score (nSPS) is 16.8. The van der Waals surface area contributed by atoms with Crippen LogP contribution in [0.2, 0.25) is 0 Å². The maximum absolute atomic E-state index is 4.78. The van der Waals surface area contributed by atoms with Gasteiger partial charge in [-0.2, -0.15) is 0 Å². The first kappa shape index (κ1) is 18.2. The van der Waals surface area contributed by atoms with Gasteiger partial charge in [0.25, 0.3) is 0 Å². The minimum Gasteiger partial charge on any atom is -0.356 e. The lowest BCUT2D eigenvalue weighted by Crippen LogP contribution is -2.35. The monoisotopic (exact) mass is 376 g/mol. The number of nitrogens with one attached hydrogen (secondary N) is 1. The minimum atomic E-state index is 0.254. The quantitative estimate of drug-likeness (QED) is 0.742. The lowest BCUT2D eigenvalue weighted by Gasteiger charge is -2.32. The fourth-order valence-electron chi connectivity index (χ4n) is 3.60. The van der Waals surface area contributed by atoms with E-state index in [0.29, 0.717) is 5.95 Å². The van der Waals surface area contributed by atoms with Crippen molar-refractivity contribution in [2.75, 3.05) is 23.3 Å². The third-order valence-electron chi connectivity index (χ3n) is 4.77. The highest BCUT2D eigenvalue weighted by Gasteiger charge is 2.25. The summed E-state index contributed by atoms with van der Waals surface area (Å²) in [5, 5.41) is 3.24.